The number of ether oxygens (including phenoxy) is 1. The molecule has 0 aromatic heterocycles. The van der Waals surface area contributed by atoms with Gasteiger partial charge in [0.2, 0.25) is 15.9 Å². The molecule has 1 N–H and O–H groups in total. The summed E-state index contributed by atoms with van der Waals surface area (Å²) in [7, 11) is -3.89. The Labute approximate surface area is 303 Å². The fourth-order valence-electron chi connectivity index (χ4n) is 9.52. The molecule has 2 fully saturated rings. The Morgan fingerprint density at radius 3 is 2.56 bits per heavy atom. The quantitative estimate of drug-likeness (QED) is 0.413. The first-order valence-electron chi connectivity index (χ1n) is 18.8. The van der Waals surface area contributed by atoms with Gasteiger partial charge in [-0.25, -0.2) is 13.1 Å². The molecule has 11 heteroatoms. The minimum atomic E-state index is -3.89. The monoisotopic (exact) mass is 724 g/mol. The van der Waals surface area contributed by atoms with Gasteiger partial charge in [0.15, 0.2) is 0 Å². The third-order valence-electron chi connectivity index (χ3n) is 12.9. The van der Waals surface area contributed by atoms with E-state index in [1.807, 2.05) is 30.0 Å². The number of nitrogens with one attached hydrogen (secondary N) is 1. The van der Waals surface area contributed by atoms with Crippen molar-refractivity contribution in [2.75, 3.05) is 57.3 Å². The third-order valence-corrected chi connectivity index (χ3v) is 15.1. The topological polar surface area (TPSA) is 99.3 Å². The maximum atomic E-state index is 13.6. The van der Waals surface area contributed by atoms with Gasteiger partial charge in [0, 0.05) is 68.7 Å². The summed E-state index contributed by atoms with van der Waals surface area (Å²) >= 11 is 6.48. The van der Waals surface area contributed by atoms with Crippen LogP contribution in [0.1, 0.15) is 87.2 Å². The SMILES string of the molecule is CC(=O)N1CCN(C[C@@H]2CCC[C@H](C)[C@@H](C)S(=O)(=O)NC(=O)c3ccc4c(c3)N(C[C@@H]3CC[C@@H]23)C[C@@]2(CCCc3cc(Cl)ccc32)CO4)CC1. The highest BCUT2D eigenvalue weighted by Gasteiger charge is 2.45. The fourth-order valence-corrected chi connectivity index (χ4v) is 11.0. The molecular formula is C39H53ClN4O5S. The van der Waals surface area contributed by atoms with Gasteiger partial charge in [-0.3, -0.25) is 14.5 Å². The zero-order valence-corrected chi connectivity index (χ0v) is 31.4. The molecular weight excluding hydrogens is 672 g/mol. The Bertz CT molecular complexity index is 1710. The van der Waals surface area contributed by atoms with E-state index in [1.54, 1.807) is 19.9 Å². The van der Waals surface area contributed by atoms with Crippen LogP contribution < -0.4 is 14.4 Å². The maximum Gasteiger partial charge on any atom is 0.264 e. The molecule has 272 valence electrons. The van der Waals surface area contributed by atoms with Gasteiger partial charge >= 0.3 is 0 Å². The zero-order valence-electron chi connectivity index (χ0n) is 29.8. The van der Waals surface area contributed by atoms with Gasteiger partial charge in [0.05, 0.1) is 17.5 Å². The first-order chi connectivity index (χ1) is 23.9. The van der Waals surface area contributed by atoms with E-state index in [-0.39, 0.29) is 17.2 Å². The molecule has 6 atom stereocenters. The highest BCUT2D eigenvalue weighted by molar-refractivity contribution is 7.90. The number of rotatable bonds is 2. The van der Waals surface area contributed by atoms with E-state index in [1.165, 1.54) is 17.5 Å². The summed E-state index contributed by atoms with van der Waals surface area (Å²) in [6, 6.07) is 11.7. The molecule has 1 saturated carbocycles. The van der Waals surface area contributed by atoms with Crippen molar-refractivity contribution in [1.82, 2.24) is 14.5 Å². The summed E-state index contributed by atoms with van der Waals surface area (Å²) in [5.41, 5.74) is 3.54. The molecule has 1 spiro atoms. The van der Waals surface area contributed by atoms with Gasteiger partial charge in [0.25, 0.3) is 5.91 Å². The largest absolute Gasteiger partial charge is 0.490 e. The van der Waals surface area contributed by atoms with E-state index in [4.69, 9.17) is 16.3 Å². The zero-order chi connectivity index (χ0) is 35.2. The van der Waals surface area contributed by atoms with Crippen molar-refractivity contribution in [2.45, 2.75) is 82.8 Å². The number of carbonyl (C=O) groups is 2. The third kappa shape index (κ3) is 7.13. The number of fused-ring (bicyclic) bond motifs is 4. The van der Waals surface area contributed by atoms with Crippen molar-refractivity contribution >= 4 is 39.1 Å². The highest BCUT2D eigenvalue weighted by atomic mass is 35.5. The van der Waals surface area contributed by atoms with Crippen molar-refractivity contribution in [2.24, 2.45) is 23.7 Å². The van der Waals surface area contributed by atoms with Crippen molar-refractivity contribution in [3.8, 4) is 5.75 Å². The number of hydrogen-bond donors (Lipinski definition) is 1. The van der Waals surface area contributed by atoms with Gasteiger partial charge in [-0.05, 0) is 117 Å². The minimum Gasteiger partial charge on any atom is -0.490 e. The molecule has 2 aliphatic carbocycles. The number of piperazine rings is 1. The van der Waals surface area contributed by atoms with E-state index in [2.05, 4.69) is 26.7 Å². The predicted octanol–water partition coefficient (Wildman–Crippen LogP) is 5.89. The van der Waals surface area contributed by atoms with Gasteiger partial charge in [-0.15, -0.1) is 0 Å². The number of carbonyl (C=O) groups excluding carboxylic acids is 2. The first-order valence-corrected chi connectivity index (χ1v) is 20.7. The molecule has 2 amide bonds. The number of hydrogen-bond acceptors (Lipinski definition) is 7. The van der Waals surface area contributed by atoms with Crippen molar-refractivity contribution in [3.63, 3.8) is 0 Å². The summed E-state index contributed by atoms with van der Waals surface area (Å²) in [5, 5.41) is 0.0540. The van der Waals surface area contributed by atoms with E-state index in [0.717, 1.165) is 107 Å². The number of aryl methyl sites for hydroxylation is 1. The smallest absolute Gasteiger partial charge is 0.264 e. The standard InChI is InChI=1S/C39H53ClN4O5S/c1-26-6-4-7-31(22-42-16-18-43(19-17-42)28(3)45)34-12-9-32(34)23-44-24-39(15-5-8-29-20-33(40)11-13-35(29)39)25-49-37-14-10-30(21-36(37)44)38(46)41-50(47,48)27(26)2/h10-11,13-14,20-21,26-27,31-32,34H,4-9,12,15-19,22-25H2,1-3H3,(H,41,46)/t26-,27+,31-,32-,34-,39-/m0/s1. The van der Waals surface area contributed by atoms with Gasteiger partial charge < -0.3 is 14.5 Å². The van der Waals surface area contributed by atoms with Crippen molar-refractivity contribution < 1.29 is 22.7 Å². The lowest BCUT2D eigenvalue weighted by atomic mass is 9.65. The number of halogens is 1. The average molecular weight is 725 g/mol. The number of benzene rings is 2. The molecule has 2 bridgehead atoms. The van der Waals surface area contributed by atoms with Gasteiger partial charge in [-0.1, -0.05) is 31.0 Å². The van der Waals surface area contributed by atoms with Gasteiger partial charge in [-0.2, -0.15) is 0 Å². The second-order valence-electron chi connectivity index (χ2n) is 15.9. The van der Waals surface area contributed by atoms with Crippen LogP contribution in [0, 0.1) is 23.7 Å². The van der Waals surface area contributed by atoms with E-state index in [9.17, 15) is 18.0 Å². The Morgan fingerprint density at radius 2 is 1.82 bits per heavy atom. The normalized spacial score (nSPS) is 31.8. The summed E-state index contributed by atoms with van der Waals surface area (Å²) in [4.78, 5) is 32.6. The Kier molecular flexibility index (Phi) is 10.2. The van der Waals surface area contributed by atoms with Crippen LogP contribution >= 0.6 is 11.6 Å². The number of anilines is 1. The Balaban J connectivity index is 1.24. The van der Waals surface area contributed by atoms with Crippen LogP contribution in [0.15, 0.2) is 36.4 Å². The number of amides is 2. The van der Waals surface area contributed by atoms with E-state index < -0.39 is 21.2 Å². The average Bonchev–Trinajstić information content (AvgIpc) is 3.22. The molecule has 2 aromatic rings. The molecule has 7 rings (SSSR count). The number of sulfonamides is 1. The highest BCUT2D eigenvalue weighted by Crippen LogP contribution is 2.48. The van der Waals surface area contributed by atoms with Crippen molar-refractivity contribution in [3.05, 3.63) is 58.1 Å². The van der Waals surface area contributed by atoms with Crippen LogP contribution in [0.5, 0.6) is 5.75 Å². The second-order valence-corrected chi connectivity index (χ2v) is 18.4. The molecule has 9 nitrogen and oxygen atoms in total. The second kappa shape index (κ2) is 14.3. The van der Waals surface area contributed by atoms with E-state index in [0.29, 0.717) is 29.9 Å². The number of nitrogens with zero attached hydrogens (tertiary/aromatic N) is 3. The molecule has 0 radical (unpaired) electrons. The van der Waals surface area contributed by atoms with Crippen LogP contribution in [-0.4, -0.2) is 87.7 Å². The van der Waals surface area contributed by atoms with Crippen LogP contribution in [0.2, 0.25) is 5.02 Å². The summed E-state index contributed by atoms with van der Waals surface area (Å²) in [6.07, 6.45) is 8.17. The minimum absolute atomic E-state index is 0.0921. The molecule has 5 aliphatic rings. The first kappa shape index (κ1) is 35.6. The lowest BCUT2D eigenvalue weighted by Crippen LogP contribution is -2.52. The van der Waals surface area contributed by atoms with Crippen LogP contribution in [0.25, 0.3) is 0 Å². The summed E-state index contributed by atoms with van der Waals surface area (Å²) < 4.78 is 36.1. The van der Waals surface area contributed by atoms with Crippen LogP contribution in [0.4, 0.5) is 5.69 Å². The molecule has 0 unspecified atom stereocenters. The lowest BCUT2D eigenvalue weighted by molar-refractivity contribution is -0.130. The predicted molar refractivity (Wildman–Crippen MR) is 197 cm³/mol. The summed E-state index contributed by atoms with van der Waals surface area (Å²) in [5.74, 6) is 1.74. The van der Waals surface area contributed by atoms with Crippen LogP contribution in [-0.2, 0) is 26.7 Å². The molecule has 3 heterocycles. The van der Waals surface area contributed by atoms with Crippen LogP contribution in [0.3, 0.4) is 0 Å². The van der Waals surface area contributed by atoms with Crippen molar-refractivity contribution in [1.29, 1.82) is 0 Å². The summed E-state index contributed by atoms with van der Waals surface area (Å²) in [6.45, 7) is 11.9. The fraction of sp³-hybridized carbons (Fsp3) is 0.641. The Hall–Kier alpha value is -2.82. The molecule has 50 heavy (non-hydrogen) atoms. The molecule has 3 aliphatic heterocycles. The van der Waals surface area contributed by atoms with Gasteiger partial charge in [0.1, 0.15) is 5.75 Å². The molecule has 2 aromatic carbocycles. The van der Waals surface area contributed by atoms with E-state index >= 15 is 0 Å². The molecule has 1 saturated heterocycles. The Morgan fingerprint density at radius 1 is 1.02 bits per heavy atom. The maximum absolute atomic E-state index is 13.6. The lowest BCUT2D eigenvalue weighted by Gasteiger charge is -2.48.